The van der Waals surface area contributed by atoms with Crippen LogP contribution in [0.15, 0.2) is 36.4 Å². The summed E-state index contributed by atoms with van der Waals surface area (Å²) in [6.45, 7) is -0.505. The van der Waals surface area contributed by atoms with Crippen molar-refractivity contribution in [3.63, 3.8) is 0 Å². The Labute approximate surface area is 138 Å². The molecule has 8 heteroatoms. The van der Waals surface area contributed by atoms with E-state index in [1.165, 1.54) is 18.2 Å². The first-order valence-corrected chi connectivity index (χ1v) is 6.92. The van der Waals surface area contributed by atoms with E-state index in [0.29, 0.717) is 6.07 Å². The van der Waals surface area contributed by atoms with Crippen LogP contribution in [0.1, 0.15) is 21.5 Å². The van der Waals surface area contributed by atoms with Crippen molar-refractivity contribution in [3.8, 4) is 5.75 Å². The molecule has 0 aliphatic heterocycles. The zero-order valence-corrected chi connectivity index (χ0v) is 12.8. The van der Waals surface area contributed by atoms with E-state index in [0.717, 1.165) is 12.1 Å². The highest BCUT2D eigenvalue weighted by atomic mass is 35.5. The number of rotatable bonds is 4. The zero-order chi connectivity index (χ0) is 17.2. The van der Waals surface area contributed by atoms with Crippen molar-refractivity contribution in [2.45, 2.75) is 12.8 Å². The van der Waals surface area contributed by atoms with Gasteiger partial charge in [0, 0.05) is 11.1 Å². The van der Waals surface area contributed by atoms with E-state index in [4.69, 9.17) is 27.9 Å². The van der Waals surface area contributed by atoms with Crippen LogP contribution >= 0.6 is 23.2 Å². The molecular formula is C15H8Cl2F4O2. The van der Waals surface area contributed by atoms with E-state index in [-0.39, 0.29) is 21.9 Å². The van der Waals surface area contributed by atoms with E-state index in [2.05, 4.69) is 0 Å². The van der Waals surface area contributed by atoms with Crippen molar-refractivity contribution in [3.05, 3.63) is 63.9 Å². The Morgan fingerprint density at radius 1 is 1.13 bits per heavy atom. The molecule has 0 aliphatic rings. The molecule has 0 unspecified atom stereocenters. The lowest BCUT2D eigenvalue weighted by atomic mass is 10.1. The van der Waals surface area contributed by atoms with Gasteiger partial charge in [-0.15, -0.1) is 0 Å². The lowest BCUT2D eigenvalue weighted by Gasteiger charge is -2.14. The van der Waals surface area contributed by atoms with Gasteiger partial charge in [0.1, 0.15) is 18.2 Å². The average molecular weight is 367 g/mol. The van der Waals surface area contributed by atoms with Crippen molar-refractivity contribution in [1.29, 1.82) is 0 Å². The van der Waals surface area contributed by atoms with Crippen LogP contribution in [0.5, 0.6) is 5.75 Å². The van der Waals surface area contributed by atoms with Gasteiger partial charge in [0.15, 0.2) is 0 Å². The normalized spacial score (nSPS) is 11.4. The van der Waals surface area contributed by atoms with E-state index < -0.39 is 29.4 Å². The molecule has 122 valence electrons. The third kappa shape index (κ3) is 4.36. The van der Waals surface area contributed by atoms with Crippen LogP contribution in [0, 0.1) is 5.82 Å². The average Bonchev–Trinajstić information content (AvgIpc) is 2.46. The summed E-state index contributed by atoms with van der Waals surface area (Å²) in [5.41, 5.74) is -1.32. The minimum atomic E-state index is -4.72. The monoisotopic (exact) mass is 366 g/mol. The maximum atomic E-state index is 13.0. The highest BCUT2D eigenvalue weighted by molar-refractivity contribution is 6.67. The molecule has 0 N–H and O–H groups in total. The molecule has 23 heavy (non-hydrogen) atoms. The predicted octanol–water partition coefficient (Wildman–Crippen LogP) is 5.46. The minimum Gasteiger partial charge on any atom is -0.487 e. The fraction of sp³-hybridized carbons (Fsp3) is 0.133. The third-order valence-electron chi connectivity index (χ3n) is 2.92. The molecule has 2 aromatic carbocycles. The summed E-state index contributed by atoms with van der Waals surface area (Å²) < 4.78 is 56.9. The van der Waals surface area contributed by atoms with Gasteiger partial charge in [-0.25, -0.2) is 4.39 Å². The van der Waals surface area contributed by atoms with Gasteiger partial charge in [-0.2, -0.15) is 13.2 Å². The molecule has 0 radical (unpaired) electrons. The number of hydrogen-bond acceptors (Lipinski definition) is 2. The fourth-order valence-electron chi connectivity index (χ4n) is 1.83. The Bertz CT molecular complexity index is 745. The Balaban J connectivity index is 2.28. The van der Waals surface area contributed by atoms with E-state index in [9.17, 15) is 22.4 Å². The zero-order valence-electron chi connectivity index (χ0n) is 11.3. The molecular weight excluding hydrogens is 359 g/mol. The number of ether oxygens (including phenoxy) is 1. The molecule has 2 nitrogen and oxygen atoms in total. The van der Waals surface area contributed by atoms with Gasteiger partial charge in [-0.05, 0) is 41.9 Å². The highest BCUT2D eigenvalue weighted by Crippen LogP contribution is 2.34. The van der Waals surface area contributed by atoms with E-state index in [1.54, 1.807) is 0 Å². The number of carbonyl (C=O) groups excluding carboxylic acids is 1. The third-order valence-corrected chi connectivity index (χ3v) is 3.45. The van der Waals surface area contributed by atoms with Gasteiger partial charge in [0.05, 0.1) is 10.6 Å². The first kappa shape index (κ1) is 17.6. The predicted molar refractivity (Wildman–Crippen MR) is 77.4 cm³/mol. The Morgan fingerprint density at radius 3 is 2.43 bits per heavy atom. The van der Waals surface area contributed by atoms with Gasteiger partial charge in [0.2, 0.25) is 0 Å². The van der Waals surface area contributed by atoms with Gasteiger partial charge in [-0.1, -0.05) is 17.7 Å². The van der Waals surface area contributed by atoms with Crippen LogP contribution in [0.2, 0.25) is 5.02 Å². The van der Waals surface area contributed by atoms with Gasteiger partial charge < -0.3 is 4.74 Å². The molecule has 0 bridgehead atoms. The van der Waals surface area contributed by atoms with Crippen LogP contribution in [-0.4, -0.2) is 5.24 Å². The second kappa shape index (κ2) is 6.76. The SMILES string of the molecule is O=C(Cl)c1ccc(Cl)c(OCc2ccc(F)cc2C(F)(F)F)c1. The number of carbonyl (C=O) groups is 1. The summed E-state index contributed by atoms with van der Waals surface area (Å²) in [7, 11) is 0. The number of alkyl halides is 3. The number of hydrogen-bond donors (Lipinski definition) is 0. The molecule has 0 saturated heterocycles. The standard InChI is InChI=1S/C15H8Cl2F4O2/c16-12-4-2-8(14(17)22)5-13(12)23-7-9-1-3-10(18)6-11(9)15(19,20)21/h1-6H,7H2. The molecule has 0 fully saturated rings. The van der Waals surface area contributed by atoms with Crippen LogP contribution in [0.3, 0.4) is 0 Å². The molecule has 0 atom stereocenters. The first-order valence-electron chi connectivity index (χ1n) is 6.16. The Kier molecular flexibility index (Phi) is 5.16. The van der Waals surface area contributed by atoms with Crippen molar-refractivity contribution in [1.82, 2.24) is 0 Å². The Morgan fingerprint density at radius 2 is 1.83 bits per heavy atom. The van der Waals surface area contributed by atoms with Crippen molar-refractivity contribution in [2.24, 2.45) is 0 Å². The summed E-state index contributed by atoms with van der Waals surface area (Å²) in [6, 6.07) is 6.16. The molecule has 2 rings (SSSR count). The quantitative estimate of drug-likeness (QED) is 0.530. The maximum Gasteiger partial charge on any atom is 0.416 e. The molecule has 0 saturated carbocycles. The van der Waals surface area contributed by atoms with Crippen molar-refractivity contribution in [2.75, 3.05) is 0 Å². The lowest BCUT2D eigenvalue weighted by molar-refractivity contribution is -0.138. The van der Waals surface area contributed by atoms with Crippen molar-refractivity contribution >= 4 is 28.4 Å². The second-order valence-corrected chi connectivity index (χ2v) is 5.26. The number of halogens is 6. The second-order valence-electron chi connectivity index (χ2n) is 4.51. The fourth-order valence-corrected chi connectivity index (χ4v) is 2.12. The highest BCUT2D eigenvalue weighted by Gasteiger charge is 2.33. The van der Waals surface area contributed by atoms with Gasteiger partial charge in [0.25, 0.3) is 5.24 Å². The summed E-state index contributed by atoms with van der Waals surface area (Å²) in [5.74, 6) is -1.01. The van der Waals surface area contributed by atoms with Gasteiger partial charge in [-0.3, -0.25) is 4.79 Å². The van der Waals surface area contributed by atoms with Crippen molar-refractivity contribution < 1.29 is 27.1 Å². The maximum absolute atomic E-state index is 13.0. The first-order chi connectivity index (χ1) is 10.7. The van der Waals surface area contributed by atoms with E-state index in [1.807, 2.05) is 0 Å². The summed E-state index contributed by atoms with van der Waals surface area (Å²) in [6.07, 6.45) is -4.72. The van der Waals surface area contributed by atoms with Gasteiger partial charge >= 0.3 is 6.18 Å². The van der Waals surface area contributed by atoms with Crippen LogP contribution in [0.25, 0.3) is 0 Å². The van der Waals surface area contributed by atoms with Crippen LogP contribution < -0.4 is 4.74 Å². The number of benzene rings is 2. The topological polar surface area (TPSA) is 26.3 Å². The molecule has 0 heterocycles. The van der Waals surface area contributed by atoms with Crippen LogP contribution in [0.4, 0.5) is 17.6 Å². The molecule has 0 amide bonds. The molecule has 0 aromatic heterocycles. The minimum absolute atomic E-state index is 0.00406. The summed E-state index contributed by atoms with van der Waals surface area (Å²) in [4.78, 5) is 11.1. The molecule has 0 aliphatic carbocycles. The smallest absolute Gasteiger partial charge is 0.416 e. The summed E-state index contributed by atoms with van der Waals surface area (Å²) in [5, 5.41) is -0.661. The Hall–Kier alpha value is -1.79. The largest absolute Gasteiger partial charge is 0.487 e. The molecule has 0 spiro atoms. The van der Waals surface area contributed by atoms with Crippen LogP contribution in [-0.2, 0) is 12.8 Å². The van der Waals surface area contributed by atoms with E-state index >= 15 is 0 Å². The molecule has 2 aromatic rings. The summed E-state index contributed by atoms with van der Waals surface area (Å²) >= 11 is 11.2. The lowest BCUT2D eigenvalue weighted by Crippen LogP contribution is -2.11.